The molecular weight excluding hydrogens is 268 g/mol. The van der Waals surface area contributed by atoms with Crippen molar-refractivity contribution in [2.75, 3.05) is 17.7 Å². The van der Waals surface area contributed by atoms with Gasteiger partial charge in [0.25, 0.3) is 0 Å². The van der Waals surface area contributed by atoms with E-state index in [0.717, 1.165) is 17.1 Å². The van der Waals surface area contributed by atoms with E-state index in [4.69, 9.17) is 0 Å². The van der Waals surface area contributed by atoms with Crippen molar-refractivity contribution >= 4 is 28.9 Å². The second-order valence-electron chi connectivity index (χ2n) is 4.45. The Bertz CT molecular complexity index is 634. The Labute approximate surface area is 122 Å². The minimum absolute atomic E-state index is 0.103. The summed E-state index contributed by atoms with van der Waals surface area (Å²) in [6.07, 6.45) is 0. The first-order valence-corrected chi connectivity index (χ1v) is 6.41. The molecule has 0 fully saturated rings. The Morgan fingerprint density at radius 2 is 1.33 bits per heavy atom. The predicted octanol–water partition coefficient (Wildman–Crippen LogP) is 3.18. The van der Waals surface area contributed by atoms with E-state index in [0.29, 0.717) is 5.56 Å². The van der Waals surface area contributed by atoms with E-state index in [1.807, 2.05) is 24.3 Å². The normalized spacial score (nSPS) is 9.81. The van der Waals surface area contributed by atoms with Crippen LogP contribution in [0.5, 0.6) is 0 Å². The summed E-state index contributed by atoms with van der Waals surface area (Å²) >= 11 is 0. The van der Waals surface area contributed by atoms with Crippen LogP contribution in [0.4, 0.5) is 17.1 Å². The van der Waals surface area contributed by atoms with E-state index in [1.54, 1.807) is 24.3 Å². The number of nitrogens with one attached hydrogen (secondary N) is 2. The number of hydrogen-bond acceptors (Lipinski definition) is 4. The summed E-state index contributed by atoms with van der Waals surface area (Å²) in [6, 6.07) is 14.3. The zero-order valence-electron chi connectivity index (χ0n) is 11.8. The van der Waals surface area contributed by atoms with Crippen molar-refractivity contribution in [3.8, 4) is 0 Å². The van der Waals surface area contributed by atoms with Gasteiger partial charge in [-0.3, -0.25) is 4.79 Å². The molecule has 1 amide bonds. The van der Waals surface area contributed by atoms with Gasteiger partial charge >= 0.3 is 5.97 Å². The number of ether oxygens (including phenoxy) is 1. The number of carbonyl (C=O) groups is 2. The SMILES string of the molecule is COC(=O)c1ccc(Nc2ccc(NC(C)=O)cc2)cc1. The number of carbonyl (C=O) groups excluding carboxylic acids is 2. The molecule has 5 nitrogen and oxygen atoms in total. The molecule has 108 valence electrons. The lowest BCUT2D eigenvalue weighted by atomic mass is 10.2. The fourth-order valence-corrected chi connectivity index (χ4v) is 1.81. The Balaban J connectivity index is 2.04. The van der Waals surface area contributed by atoms with E-state index in [2.05, 4.69) is 15.4 Å². The monoisotopic (exact) mass is 284 g/mol. The average Bonchev–Trinajstić information content (AvgIpc) is 2.49. The maximum atomic E-state index is 11.3. The minimum Gasteiger partial charge on any atom is -0.465 e. The summed E-state index contributed by atoms with van der Waals surface area (Å²) in [5.41, 5.74) is 2.99. The first-order valence-electron chi connectivity index (χ1n) is 6.41. The number of amides is 1. The number of methoxy groups -OCH3 is 1. The summed E-state index contributed by atoms with van der Waals surface area (Å²) in [5.74, 6) is -0.463. The second-order valence-corrected chi connectivity index (χ2v) is 4.45. The van der Waals surface area contributed by atoms with Gasteiger partial charge in [-0.15, -0.1) is 0 Å². The smallest absolute Gasteiger partial charge is 0.337 e. The van der Waals surface area contributed by atoms with Gasteiger partial charge in [0, 0.05) is 24.0 Å². The van der Waals surface area contributed by atoms with Crippen LogP contribution in [0.15, 0.2) is 48.5 Å². The summed E-state index contributed by atoms with van der Waals surface area (Å²) in [6.45, 7) is 1.47. The highest BCUT2D eigenvalue weighted by Crippen LogP contribution is 2.19. The van der Waals surface area contributed by atoms with Crippen molar-refractivity contribution in [2.45, 2.75) is 6.92 Å². The van der Waals surface area contributed by atoms with Crippen molar-refractivity contribution in [3.63, 3.8) is 0 Å². The molecule has 0 saturated heterocycles. The first kappa shape index (κ1) is 14.6. The minimum atomic E-state index is -0.360. The molecule has 0 aromatic heterocycles. The molecule has 2 aromatic carbocycles. The van der Waals surface area contributed by atoms with Crippen molar-refractivity contribution in [1.82, 2.24) is 0 Å². The van der Waals surface area contributed by atoms with Gasteiger partial charge in [0.2, 0.25) is 5.91 Å². The van der Waals surface area contributed by atoms with Crippen molar-refractivity contribution in [1.29, 1.82) is 0 Å². The zero-order valence-corrected chi connectivity index (χ0v) is 11.8. The number of anilines is 3. The molecule has 0 spiro atoms. The Morgan fingerprint density at radius 3 is 1.81 bits per heavy atom. The van der Waals surface area contributed by atoms with E-state index in [-0.39, 0.29) is 11.9 Å². The highest BCUT2D eigenvalue weighted by atomic mass is 16.5. The summed E-state index contributed by atoms with van der Waals surface area (Å²) in [5, 5.41) is 5.91. The molecule has 0 atom stereocenters. The van der Waals surface area contributed by atoms with Gasteiger partial charge in [-0.25, -0.2) is 4.79 Å². The maximum Gasteiger partial charge on any atom is 0.337 e. The average molecular weight is 284 g/mol. The van der Waals surface area contributed by atoms with Crippen LogP contribution in [0.3, 0.4) is 0 Å². The molecule has 0 saturated carbocycles. The third-order valence-corrected chi connectivity index (χ3v) is 2.80. The highest BCUT2D eigenvalue weighted by molar-refractivity contribution is 5.90. The van der Waals surface area contributed by atoms with Crippen LogP contribution in [-0.4, -0.2) is 19.0 Å². The lowest BCUT2D eigenvalue weighted by Gasteiger charge is -2.08. The quantitative estimate of drug-likeness (QED) is 0.846. The summed E-state index contributed by atoms with van der Waals surface area (Å²) in [7, 11) is 1.35. The first-order chi connectivity index (χ1) is 10.1. The van der Waals surface area contributed by atoms with Crippen LogP contribution in [0.2, 0.25) is 0 Å². The van der Waals surface area contributed by atoms with Gasteiger partial charge < -0.3 is 15.4 Å². The molecule has 0 aliphatic rings. The number of hydrogen-bond donors (Lipinski definition) is 2. The number of benzene rings is 2. The van der Waals surface area contributed by atoms with Gasteiger partial charge in [-0.05, 0) is 48.5 Å². The fraction of sp³-hybridized carbons (Fsp3) is 0.125. The number of esters is 1. The molecule has 2 aromatic rings. The fourth-order valence-electron chi connectivity index (χ4n) is 1.81. The lowest BCUT2D eigenvalue weighted by molar-refractivity contribution is -0.114. The van der Waals surface area contributed by atoms with Gasteiger partial charge in [-0.1, -0.05) is 0 Å². The lowest BCUT2D eigenvalue weighted by Crippen LogP contribution is -2.05. The molecule has 0 bridgehead atoms. The third-order valence-electron chi connectivity index (χ3n) is 2.80. The molecule has 0 aliphatic carbocycles. The van der Waals surface area contributed by atoms with Crippen LogP contribution in [0.1, 0.15) is 17.3 Å². The van der Waals surface area contributed by atoms with Gasteiger partial charge in [0.05, 0.1) is 12.7 Å². The van der Waals surface area contributed by atoms with Crippen molar-refractivity contribution in [2.24, 2.45) is 0 Å². The van der Waals surface area contributed by atoms with Crippen LogP contribution >= 0.6 is 0 Å². The van der Waals surface area contributed by atoms with E-state index >= 15 is 0 Å². The third kappa shape index (κ3) is 4.07. The zero-order chi connectivity index (χ0) is 15.2. The molecule has 0 radical (unpaired) electrons. The predicted molar refractivity (Wildman–Crippen MR) is 81.8 cm³/mol. The second kappa shape index (κ2) is 6.56. The summed E-state index contributed by atoms with van der Waals surface area (Å²) < 4.78 is 4.65. The van der Waals surface area contributed by atoms with E-state index in [9.17, 15) is 9.59 Å². The van der Waals surface area contributed by atoms with E-state index in [1.165, 1.54) is 14.0 Å². The van der Waals surface area contributed by atoms with Crippen LogP contribution < -0.4 is 10.6 Å². The largest absolute Gasteiger partial charge is 0.465 e. The Kier molecular flexibility index (Phi) is 4.56. The Hall–Kier alpha value is -2.82. The number of rotatable bonds is 4. The van der Waals surface area contributed by atoms with Crippen LogP contribution in [0.25, 0.3) is 0 Å². The van der Waals surface area contributed by atoms with Crippen LogP contribution in [-0.2, 0) is 9.53 Å². The van der Waals surface area contributed by atoms with Crippen molar-refractivity contribution in [3.05, 3.63) is 54.1 Å². The van der Waals surface area contributed by atoms with Gasteiger partial charge in [-0.2, -0.15) is 0 Å². The van der Waals surface area contributed by atoms with Crippen LogP contribution in [0, 0.1) is 0 Å². The molecule has 2 N–H and O–H groups in total. The molecule has 5 heteroatoms. The molecular formula is C16H16N2O3. The standard InChI is InChI=1S/C16H16N2O3/c1-11(19)17-13-7-9-15(10-8-13)18-14-5-3-12(4-6-14)16(20)21-2/h3-10,18H,1-2H3,(H,17,19). The molecule has 2 rings (SSSR count). The molecule has 0 aliphatic heterocycles. The van der Waals surface area contributed by atoms with E-state index < -0.39 is 0 Å². The molecule has 21 heavy (non-hydrogen) atoms. The van der Waals surface area contributed by atoms with Gasteiger partial charge in [0.15, 0.2) is 0 Å². The molecule has 0 heterocycles. The maximum absolute atomic E-state index is 11.3. The Morgan fingerprint density at radius 1 is 0.857 bits per heavy atom. The summed E-state index contributed by atoms with van der Waals surface area (Å²) in [4.78, 5) is 22.3. The van der Waals surface area contributed by atoms with Gasteiger partial charge in [0.1, 0.15) is 0 Å². The van der Waals surface area contributed by atoms with Crippen molar-refractivity contribution < 1.29 is 14.3 Å². The topological polar surface area (TPSA) is 67.4 Å². The molecule has 0 unspecified atom stereocenters. The highest BCUT2D eigenvalue weighted by Gasteiger charge is 2.04.